The molecule has 2 aromatic carbocycles. The summed E-state index contributed by atoms with van der Waals surface area (Å²) in [6.07, 6.45) is 1.81. The maximum Gasteiger partial charge on any atom is 0.251 e. The summed E-state index contributed by atoms with van der Waals surface area (Å²) in [5.41, 5.74) is 2.69. The van der Waals surface area contributed by atoms with Gasteiger partial charge < -0.3 is 30.7 Å². The molecular weight excluding hydrogens is 612 g/mol. The minimum absolute atomic E-state index is 0.0535. The van der Waals surface area contributed by atoms with Gasteiger partial charge in [0.15, 0.2) is 0 Å². The summed E-state index contributed by atoms with van der Waals surface area (Å²) in [6, 6.07) is 15.2. The van der Waals surface area contributed by atoms with E-state index in [-0.39, 0.29) is 30.6 Å². The number of hydrogen-bond donors (Lipinski definition) is 4. The van der Waals surface area contributed by atoms with Crippen LogP contribution >= 0.6 is 0 Å². The molecule has 3 atom stereocenters. The molecule has 256 valence electrons. The van der Waals surface area contributed by atoms with Crippen molar-refractivity contribution >= 4 is 29.5 Å². The number of fused-ring (bicyclic) bond motifs is 18. The summed E-state index contributed by atoms with van der Waals surface area (Å²) in [5.74, 6) is -1.41. The minimum atomic E-state index is -0.982. The fourth-order valence-corrected chi connectivity index (χ4v) is 5.48. The van der Waals surface area contributed by atoms with E-state index >= 15 is 0 Å². The average molecular weight is 659 g/mol. The molecule has 4 N–H and O–H groups in total. The van der Waals surface area contributed by atoms with Gasteiger partial charge >= 0.3 is 0 Å². The predicted octanol–water partition coefficient (Wildman–Crippen LogP) is 2.84. The lowest BCUT2D eigenvalue weighted by atomic mass is 10.0. The van der Waals surface area contributed by atoms with Gasteiger partial charge in [-0.3, -0.25) is 24.0 Å². The summed E-state index contributed by atoms with van der Waals surface area (Å²) in [5, 5.41) is 15.2. The molecule has 0 saturated carbocycles. The summed E-state index contributed by atoms with van der Waals surface area (Å²) in [6.45, 7) is 8.35. The Morgan fingerprint density at radius 2 is 1.62 bits per heavy atom. The smallest absolute Gasteiger partial charge is 0.251 e. The molecule has 0 saturated heterocycles. The topological polar surface area (TPSA) is 163 Å². The first-order chi connectivity index (χ1) is 23.0. The molecule has 0 radical (unpaired) electrons. The third kappa shape index (κ3) is 10.8. The predicted molar refractivity (Wildman–Crippen MR) is 179 cm³/mol. The zero-order valence-electron chi connectivity index (χ0n) is 28.1. The van der Waals surface area contributed by atoms with Crippen LogP contribution in [0.15, 0.2) is 65.2 Å². The van der Waals surface area contributed by atoms with E-state index in [2.05, 4.69) is 26.4 Å². The zero-order valence-corrected chi connectivity index (χ0v) is 28.1. The highest BCUT2D eigenvalue weighted by Crippen LogP contribution is 2.14. The average Bonchev–Trinajstić information content (AvgIpc) is 3.47. The highest BCUT2D eigenvalue weighted by atomic mass is 16.5. The van der Waals surface area contributed by atoms with Gasteiger partial charge in [-0.2, -0.15) is 0 Å². The van der Waals surface area contributed by atoms with Crippen LogP contribution < -0.4 is 21.3 Å². The van der Waals surface area contributed by atoms with Crippen LogP contribution in [-0.2, 0) is 38.6 Å². The van der Waals surface area contributed by atoms with E-state index in [1.54, 1.807) is 49.1 Å². The van der Waals surface area contributed by atoms with Crippen molar-refractivity contribution in [2.75, 3.05) is 13.1 Å². The van der Waals surface area contributed by atoms with Crippen molar-refractivity contribution in [1.29, 1.82) is 0 Å². The molecule has 0 fully saturated rings. The number of nitrogens with zero attached hydrogens (tertiary/aromatic N) is 2. The second kappa shape index (κ2) is 17.2. The molecular formula is C36H46N6O6. The van der Waals surface area contributed by atoms with E-state index in [9.17, 15) is 24.0 Å². The molecule has 2 aliphatic heterocycles. The number of rotatable bonds is 6. The second-order valence-electron chi connectivity index (χ2n) is 12.8. The molecule has 2 aliphatic rings. The van der Waals surface area contributed by atoms with E-state index in [0.29, 0.717) is 55.9 Å². The van der Waals surface area contributed by atoms with E-state index in [0.717, 1.165) is 11.1 Å². The number of nitrogens with one attached hydrogen (secondary N) is 4. The Kier molecular flexibility index (Phi) is 12.9. The Morgan fingerprint density at radius 3 is 2.29 bits per heavy atom. The van der Waals surface area contributed by atoms with Gasteiger partial charge in [-0.15, -0.1) is 0 Å². The zero-order chi connectivity index (χ0) is 34.6. The number of aryl methyl sites for hydroxylation is 1. The van der Waals surface area contributed by atoms with Crippen molar-refractivity contribution in [3.05, 3.63) is 88.8 Å². The number of amides is 5. The van der Waals surface area contributed by atoms with E-state index in [1.807, 2.05) is 44.2 Å². The van der Waals surface area contributed by atoms with Gasteiger partial charge in [0.2, 0.25) is 23.6 Å². The minimum Gasteiger partial charge on any atom is -0.361 e. The lowest BCUT2D eigenvalue weighted by Gasteiger charge is -2.25. The standard InChI is InChI=1S/C36H46N6O6/c1-23(2)18-30-35(46)38-25(4)33(44)37-16-8-9-17-42(32(43)21-29-19-24(3)41-48-29)22-27-12-14-28(15-13-27)34(45)39-31(36(47)40-30)20-26-10-6-5-7-11-26/h5-7,10-15,19,23,25,30-31H,8-9,16-18,20-22H2,1-4H3,(H,37,44)(H,38,46)(H,39,45)(H,40,47)/t25-,30+,31-/m1/s1. The normalized spacial score (nSPS) is 20.4. The van der Waals surface area contributed by atoms with Crippen LogP contribution in [0.2, 0.25) is 0 Å². The van der Waals surface area contributed by atoms with E-state index in [1.165, 1.54) is 0 Å². The summed E-state index contributed by atoms with van der Waals surface area (Å²) < 4.78 is 5.26. The molecule has 3 heterocycles. The van der Waals surface area contributed by atoms with Crippen LogP contribution in [0.1, 0.15) is 73.0 Å². The van der Waals surface area contributed by atoms with Gasteiger partial charge in [-0.1, -0.05) is 61.5 Å². The number of hydrogen-bond acceptors (Lipinski definition) is 7. The number of carbonyl (C=O) groups is 5. The van der Waals surface area contributed by atoms with Crippen molar-refractivity contribution in [1.82, 2.24) is 31.3 Å². The fourth-order valence-electron chi connectivity index (χ4n) is 5.48. The Labute approximate surface area is 281 Å². The maximum absolute atomic E-state index is 13.7. The molecule has 48 heavy (non-hydrogen) atoms. The third-order valence-corrected chi connectivity index (χ3v) is 8.10. The van der Waals surface area contributed by atoms with Gasteiger partial charge in [-0.05, 0) is 62.3 Å². The summed E-state index contributed by atoms with van der Waals surface area (Å²) in [7, 11) is 0. The van der Waals surface area contributed by atoms with Gasteiger partial charge in [0.05, 0.1) is 12.1 Å². The van der Waals surface area contributed by atoms with Crippen LogP contribution in [0.25, 0.3) is 0 Å². The molecule has 5 rings (SSSR count). The van der Waals surface area contributed by atoms with Crippen LogP contribution in [0.3, 0.4) is 0 Å². The molecule has 2 bridgehead atoms. The third-order valence-electron chi connectivity index (χ3n) is 8.10. The van der Waals surface area contributed by atoms with Crippen LogP contribution in [0, 0.1) is 12.8 Å². The molecule has 3 aromatic rings. The Morgan fingerprint density at radius 1 is 0.917 bits per heavy atom. The summed E-state index contributed by atoms with van der Waals surface area (Å²) >= 11 is 0. The summed E-state index contributed by atoms with van der Waals surface area (Å²) in [4.78, 5) is 68.5. The van der Waals surface area contributed by atoms with E-state index in [4.69, 9.17) is 4.52 Å². The van der Waals surface area contributed by atoms with Crippen LogP contribution in [0.5, 0.6) is 0 Å². The van der Waals surface area contributed by atoms with Crippen molar-refractivity contribution in [3.8, 4) is 0 Å². The second-order valence-corrected chi connectivity index (χ2v) is 12.8. The molecule has 0 spiro atoms. The van der Waals surface area contributed by atoms with E-state index < -0.39 is 35.8 Å². The Bertz CT molecular complexity index is 1550. The largest absolute Gasteiger partial charge is 0.361 e. The fraction of sp³-hybridized carbons (Fsp3) is 0.444. The van der Waals surface area contributed by atoms with Gasteiger partial charge in [-0.25, -0.2) is 0 Å². The first kappa shape index (κ1) is 35.8. The number of aromatic nitrogens is 1. The van der Waals surface area contributed by atoms with Gasteiger partial charge in [0.1, 0.15) is 23.9 Å². The molecule has 1 aromatic heterocycles. The van der Waals surface area contributed by atoms with Crippen molar-refractivity contribution < 1.29 is 28.5 Å². The first-order valence-corrected chi connectivity index (χ1v) is 16.5. The SMILES string of the molecule is Cc1cc(CC(=O)N2CCCCNC(=O)[C@@H](C)NC(=O)[C@H](CC(C)C)NC(=O)[C@@H](Cc3ccccc3)NC(=O)c3ccc(cc3)C2)on1. The Hall–Kier alpha value is -5.00. The monoisotopic (exact) mass is 658 g/mol. The van der Waals surface area contributed by atoms with Crippen molar-refractivity contribution in [3.63, 3.8) is 0 Å². The molecule has 0 aliphatic carbocycles. The quantitative estimate of drug-likeness (QED) is 0.296. The molecule has 12 nitrogen and oxygen atoms in total. The highest BCUT2D eigenvalue weighted by molar-refractivity contribution is 5.99. The first-order valence-electron chi connectivity index (χ1n) is 16.5. The lowest BCUT2D eigenvalue weighted by Crippen LogP contribution is -2.57. The highest BCUT2D eigenvalue weighted by Gasteiger charge is 2.29. The molecule has 12 heteroatoms. The van der Waals surface area contributed by atoms with Gasteiger partial charge in [0.25, 0.3) is 5.91 Å². The lowest BCUT2D eigenvalue weighted by molar-refractivity contribution is -0.132. The molecule has 0 unspecified atom stereocenters. The Balaban J connectivity index is 1.59. The van der Waals surface area contributed by atoms with Crippen LogP contribution in [-0.4, -0.2) is 70.8 Å². The maximum atomic E-state index is 13.7. The van der Waals surface area contributed by atoms with Crippen molar-refractivity contribution in [2.24, 2.45) is 5.92 Å². The number of carbonyl (C=O) groups excluding carboxylic acids is 5. The van der Waals surface area contributed by atoms with Crippen molar-refractivity contribution in [2.45, 2.75) is 84.5 Å². The number of benzene rings is 2. The molecule has 5 amide bonds. The van der Waals surface area contributed by atoms with Gasteiger partial charge in [0, 0.05) is 37.7 Å². The van der Waals surface area contributed by atoms with Crippen LogP contribution in [0.4, 0.5) is 0 Å².